The van der Waals surface area contributed by atoms with E-state index >= 15 is 0 Å². The molecule has 6 nitrogen and oxygen atoms in total. The molecule has 1 aromatic heterocycles. The number of nitrogens with zero attached hydrogens (tertiary/aromatic N) is 3. The molecular formula is C18H19F3N4O2. The summed E-state index contributed by atoms with van der Waals surface area (Å²) in [6.07, 6.45) is 4.37. The number of halogens is 3. The van der Waals surface area contributed by atoms with Crippen LogP contribution in [0.3, 0.4) is 0 Å². The van der Waals surface area contributed by atoms with E-state index in [1.807, 2.05) is 0 Å². The van der Waals surface area contributed by atoms with E-state index < -0.39 is 29.2 Å². The van der Waals surface area contributed by atoms with Crippen LogP contribution in [0.5, 0.6) is 0 Å². The predicted molar refractivity (Wildman–Crippen MR) is 89.6 cm³/mol. The Kier molecular flexibility index (Phi) is 4.75. The Morgan fingerprint density at radius 1 is 1.19 bits per heavy atom. The molecule has 2 heterocycles. The van der Waals surface area contributed by atoms with Gasteiger partial charge in [-0.25, -0.2) is 18.0 Å². The molecule has 4 rings (SSSR count). The van der Waals surface area contributed by atoms with Crippen molar-refractivity contribution in [2.24, 2.45) is 5.92 Å². The monoisotopic (exact) mass is 380 g/mol. The van der Waals surface area contributed by atoms with Gasteiger partial charge < -0.3 is 14.7 Å². The first-order valence-corrected chi connectivity index (χ1v) is 9.02. The summed E-state index contributed by atoms with van der Waals surface area (Å²) < 4.78 is 45.4. The predicted octanol–water partition coefficient (Wildman–Crippen LogP) is 3.85. The molecule has 1 aromatic carbocycles. The number of hydrogen-bond acceptors (Lipinski definition) is 4. The van der Waals surface area contributed by atoms with Crippen molar-refractivity contribution in [1.82, 2.24) is 15.0 Å². The maximum atomic E-state index is 13.7. The lowest BCUT2D eigenvalue weighted by molar-refractivity contribution is 0.181. The van der Waals surface area contributed by atoms with Gasteiger partial charge in [0.2, 0.25) is 5.89 Å². The van der Waals surface area contributed by atoms with Crippen molar-refractivity contribution in [3.05, 3.63) is 41.3 Å². The van der Waals surface area contributed by atoms with Gasteiger partial charge in [0, 0.05) is 37.6 Å². The minimum Gasteiger partial charge on any atom is -0.339 e. The quantitative estimate of drug-likeness (QED) is 0.818. The first-order chi connectivity index (χ1) is 13.0. The zero-order valence-corrected chi connectivity index (χ0v) is 14.6. The normalized spacial score (nSPS) is 18.0. The van der Waals surface area contributed by atoms with E-state index in [4.69, 9.17) is 4.52 Å². The smallest absolute Gasteiger partial charge is 0.321 e. The van der Waals surface area contributed by atoms with Gasteiger partial charge in [-0.2, -0.15) is 4.98 Å². The molecule has 0 spiro atoms. The van der Waals surface area contributed by atoms with Crippen LogP contribution in [0.15, 0.2) is 16.7 Å². The van der Waals surface area contributed by atoms with Gasteiger partial charge in [-0.3, -0.25) is 0 Å². The summed E-state index contributed by atoms with van der Waals surface area (Å²) in [5.41, 5.74) is -0.501. The zero-order chi connectivity index (χ0) is 19.0. The second-order valence-corrected chi connectivity index (χ2v) is 7.14. The number of carbonyl (C=O) groups excluding carboxylic acids is 1. The molecule has 1 aliphatic carbocycles. The van der Waals surface area contributed by atoms with Crippen molar-refractivity contribution in [3.63, 3.8) is 0 Å². The minimum atomic E-state index is -1.34. The maximum absolute atomic E-state index is 13.7. The molecule has 1 N–H and O–H groups in total. The Balaban J connectivity index is 1.30. The van der Waals surface area contributed by atoms with E-state index in [1.54, 1.807) is 0 Å². The largest absolute Gasteiger partial charge is 0.339 e. The van der Waals surface area contributed by atoms with E-state index in [9.17, 15) is 18.0 Å². The number of rotatable bonds is 4. The van der Waals surface area contributed by atoms with Crippen molar-refractivity contribution in [1.29, 1.82) is 0 Å². The van der Waals surface area contributed by atoms with Crippen LogP contribution in [-0.2, 0) is 6.42 Å². The Labute approximate surface area is 153 Å². The number of hydrogen-bond donors (Lipinski definition) is 1. The third kappa shape index (κ3) is 4.06. The van der Waals surface area contributed by atoms with Crippen molar-refractivity contribution >= 4 is 11.7 Å². The van der Waals surface area contributed by atoms with Gasteiger partial charge in [0.25, 0.3) is 0 Å². The fourth-order valence-corrected chi connectivity index (χ4v) is 3.29. The summed E-state index contributed by atoms with van der Waals surface area (Å²) in [6, 6.07) is 0.618. The van der Waals surface area contributed by atoms with Crippen molar-refractivity contribution < 1.29 is 22.5 Å². The van der Waals surface area contributed by atoms with Gasteiger partial charge in [-0.05, 0) is 31.6 Å². The van der Waals surface area contributed by atoms with Crippen LogP contribution in [-0.4, -0.2) is 34.2 Å². The van der Waals surface area contributed by atoms with Crippen LogP contribution in [0.25, 0.3) is 0 Å². The summed E-state index contributed by atoms with van der Waals surface area (Å²) >= 11 is 0. The summed E-state index contributed by atoms with van der Waals surface area (Å²) in [5, 5.41) is 6.26. The number of urea groups is 1. The molecule has 2 amide bonds. The van der Waals surface area contributed by atoms with Crippen LogP contribution < -0.4 is 5.32 Å². The molecule has 1 aliphatic heterocycles. The fourth-order valence-electron chi connectivity index (χ4n) is 3.29. The van der Waals surface area contributed by atoms with Crippen molar-refractivity contribution in [3.8, 4) is 0 Å². The third-order valence-corrected chi connectivity index (χ3v) is 5.02. The topological polar surface area (TPSA) is 71.3 Å². The molecule has 0 unspecified atom stereocenters. The van der Waals surface area contributed by atoms with Crippen molar-refractivity contribution in [2.45, 2.75) is 38.0 Å². The molecule has 2 aliphatic rings. The SMILES string of the molecule is O=C(Nc1cc(F)cc(F)c1F)N1CCC(Cc2noc(C3CC3)n2)CC1. The Bertz CT molecular complexity index is 845. The molecule has 0 radical (unpaired) electrons. The Morgan fingerprint density at radius 2 is 1.93 bits per heavy atom. The van der Waals surface area contributed by atoms with Crippen LogP contribution in [0.2, 0.25) is 0 Å². The van der Waals surface area contributed by atoms with E-state index in [0.717, 1.165) is 31.7 Å². The highest BCUT2D eigenvalue weighted by atomic mass is 19.2. The Hall–Kier alpha value is -2.58. The number of piperidine rings is 1. The maximum Gasteiger partial charge on any atom is 0.321 e. The van der Waals surface area contributed by atoms with E-state index in [0.29, 0.717) is 49.1 Å². The minimum absolute atomic E-state index is 0.321. The molecule has 0 atom stereocenters. The second-order valence-electron chi connectivity index (χ2n) is 7.14. The molecule has 9 heteroatoms. The first kappa shape index (κ1) is 17.8. The number of aromatic nitrogens is 2. The summed E-state index contributed by atoms with van der Waals surface area (Å²) in [5.74, 6) is -1.42. The number of carbonyl (C=O) groups is 1. The molecule has 27 heavy (non-hydrogen) atoms. The average Bonchev–Trinajstić information content (AvgIpc) is 3.39. The van der Waals surface area contributed by atoms with Gasteiger partial charge in [0.1, 0.15) is 5.82 Å². The first-order valence-electron chi connectivity index (χ1n) is 9.02. The fraction of sp³-hybridized carbons (Fsp3) is 0.500. The Morgan fingerprint density at radius 3 is 2.63 bits per heavy atom. The number of anilines is 1. The van der Waals surface area contributed by atoms with Crippen LogP contribution in [0, 0.1) is 23.4 Å². The standard InChI is InChI=1S/C18H19F3N4O2/c19-12-8-13(20)16(21)14(9-12)22-18(26)25-5-3-10(4-6-25)7-15-23-17(27-24-15)11-1-2-11/h8-11H,1-7H2,(H,22,26). The third-order valence-electron chi connectivity index (χ3n) is 5.02. The molecule has 1 saturated heterocycles. The van der Waals surface area contributed by atoms with Crippen LogP contribution >= 0.6 is 0 Å². The molecule has 2 aromatic rings. The number of benzene rings is 1. The highest BCUT2D eigenvalue weighted by Gasteiger charge is 2.30. The lowest BCUT2D eigenvalue weighted by atomic mass is 9.93. The molecule has 0 bridgehead atoms. The van der Waals surface area contributed by atoms with Gasteiger partial charge in [0.05, 0.1) is 5.69 Å². The van der Waals surface area contributed by atoms with Crippen LogP contribution in [0.4, 0.5) is 23.7 Å². The van der Waals surface area contributed by atoms with Gasteiger partial charge in [0.15, 0.2) is 17.5 Å². The van der Waals surface area contributed by atoms with Gasteiger partial charge in [-0.1, -0.05) is 5.16 Å². The summed E-state index contributed by atoms with van der Waals surface area (Å²) in [7, 11) is 0. The highest BCUT2D eigenvalue weighted by Crippen LogP contribution is 2.39. The molecule has 1 saturated carbocycles. The van der Waals surface area contributed by atoms with Gasteiger partial charge in [-0.15, -0.1) is 0 Å². The van der Waals surface area contributed by atoms with E-state index in [-0.39, 0.29) is 0 Å². The summed E-state index contributed by atoms with van der Waals surface area (Å²) in [6.45, 7) is 0.923. The average molecular weight is 380 g/mol. The van der Waals surface area contributed by atoms with E-state index in [2.05, 4.69) is 15.5 Å². The zero-order valence-electron chi connectivity index (χ0n) is 14.6. The van der Waals surface area contributed by atoms with Crippen LogP contribution in [0.1, 0.15) is 43.3 Å². The highest BCUT2D eigenvalue weighted by molar-refractivity contribution is 5.89. The number of amides is 2. The molecule has 2 fully saturated rings. The van der Waals surface area contributed by atoms with E-state index in [1.165, 1.54) is 4.90 Å². The second kappa shape index (κ2) is 7.21. The molecular weight excluding hydrogens is 361 g/mol. The van der Waals surface area contributed by atoms with Gasteiger partial charge >= 0.3 is 6.03 Å². The van der Waals surface area contributed by atoms with Crippen molar-refractivity contribution in [2.75, 3.05) is 18.4 Å². The number of nitrogens with one attached hydrogen (secondary N) is 1. The lowest BCUT2D eigenvalue weighted by Gasteiger charge is -2.31. The number of likely N-dealkylation sites (tertiary alicyclic amines) is 1. The lowest BCUT2D eigenvalue weighted by Crippen LogP contribution is -2.41. The molecule has 144 valence electrons. The summed E-state index contributed by atoms with van der Waals surface area (Å²) in [4.78, 5) is 18.2.